The molecule has 1 aliphatic rings. The molecule has 0 amide bonds. The molecule has 0 aliphatic carbocycles. The van der Waals surface area contributed by atoms with Crippen LogP contribution in [-0.2, 0) is 22.7 Å². The van der Waals surface area contributed by atoms with Gasteiger partial charge in [0.25, 0.3) is 15.6 Å². The zero-order valence-corrected chi connectivity index (χ0v) is 19.6. The Labute approximate surface area is 209 Å². The van der Waals surface area contributed by atoms with Crippen molar-refractivity contribution in [1.29, 1.82) is 0 Å². The maximum absolute atomic E-state index is 11.1. The van der Waals surface area contributed by atoms with Gasteiger partial charge in [0, 0.05) is 0 Å². The number of hydrogen-bond acceptors (Lipinski definition) is 11. The van der Waals surface area contributed by atoms with E-state index < -0.39 is 53.0 Å². The molecule has 1 aliphatic heterocycles. The molecule has 0 aromatic heterocycles. The van der Waals surface area contributed by atoms with Crippen molar-refractivity contribution in [3.63, 3.8) is 0 Å². The van der Waals surface area contributed by atoms with Crippen molar-refractivity contribution in [2.75, 3.05) is 6.61 Å². The van der Waals surface area contributed by atoms with Crippen molar-refractivity contribution in [2.24, 2.45) is 0 Å². The fourth-order valence-electron chi connectivity index (χ4n) is 1.43. The Kier molecular flexibility index (Phi) is 14.1. The van der Waals surface area contributed by atoms with Crippen LogP contribution in [0, 0.1) is 0 Å². The standard InChI is InChI=1S/C6H14O12P2.2K/c7-1-2-3(8)4(9)5(10)6(16-2)17-20(14,15)18-19(11,12)13;;/h2-10H,1H2,(H,14,15)(H2,11,12,13);;/q;2*+1/p-2/t2-,3-,4+,5+,6?;;/m1../s1. The smallest absolute Gasteiger partial charge is 0.756 e. The van der Waals surface area contributed by atoms with Crippen molar-refractivity contribution in [1.82, 2.24) is 0 Å². The first-order valence-electron chi connectivity index (χ1n) is 5.02. The molecule has 120 valence electrons. The molecule has 0 bridgehead atoms. The van der Waals surface area contributed by atoms with Gasteiger partial charge in [-0.25, -0.2) is 4.31 Å². The second kappa shape index (κ2) is 11.2. The summed E-state index contributed by atoms with van der Waals surface area (Å²) in [7, 11) is -11.3. The van der Waals surface area contributed by atoms with Crippen molar-refractivity contribution < 1.29 is 161 Å². The van der Waals surface area contributed by atoms with E-state index >= 15 is 0 Å². The van der Waals surface area contributed by atoms with Crippen LogP contribution in [0.2, 0.25) is 0 Å². The topological polar surface area (TPSA) is 209 Å². The Hall–Kier alpha value is 3.33. The van der Waals surface area contributed by atoms with Gasteiger partial charge in [0.05, 0.1) is 6.61 Å². The Morgan fingerprint density at radius 1 is 1.05 bits per heavy atom. The summed E-state index contributed by atoms with van der Waals surface area (Å²) in [6.07, 6.45) is -9.39. The number of aliphatic hydroxyl groups excluding tert-OH is 4. The molecule has 1 heterocycles. The van der Waals surface area contributed by atoms with Crippen LogP contribution >= 0.6 is 15.6 Å². The maximum atomic E-state index is 11.1. The van der Waals surface area contributed by atoms with Crippen LogP contribution in [0.15, 0.2) is 0 Å². The summed E-state index contributed by atoms with van der Waals surface area (Å²) in [4.78, 5) is 29.6. The predicted octanol–water partition coefficient (Wildman–Crippen LogP) is -10.2. The first-order valence-corrected chi connectivity index (χ1v) is 7.97. The van der Waals surface area contributed by atoms with Crippen LogP contribution < -0.4 is 113 Å². The molecule has 3 unspecified atom stereocenters. The average molecular weight is 416 g/mol. The second-order valence-corrected chi connectivity index (χ2v) is 6.50. The maximum Gasteiger partial charge on any atom is 1.00 e. The van der Waals surface area contributed by atoms with E-state index in [1.165, 1.54) is 0 Å². The van der Waals surface area contributed by atoms with E-state index in [-0.39, 0.29) is 103 Å². The molecular formula is C6H12K2O12P2. The van der Waals surface area contributed by atoms with Gasteiger partial charge >= 0.3 is 103 Å². The Morgan fingerprint density at radius 2 is 1.55 bits per heavy atom. The monoisotopic (exact) mass is 416 g/mol. The van der Waals surface area contributed by atoms with Gasteiger partial charge in [-0.3, -0.25) is 13.7 Å². The Bertz CT molecular complexity index is 428. The largest absolute Gasteiger partial charge is 1.00 e. The molecule has 0 aromatic carbocycles. The van der Waals surface area contributed by atoms with Gasteiger partial charge in [0.2, 0.25) is 0 Å². The minimum atomic E-state index is -5.67. The first kappa shape index (κ1) is 27.6. The number of aliphatic hydroxyl groups is 4. The summed E-state index contributed by atoms with van der Waals surface area (Å²) >= 11 is 0. The summed E-state index contributed by atoms with van der Waals surface area (Å²) < 4.78 is 33.3. The number of phosphoric acid groups is 2. The number of rotatable bonds is 5. The average Bonchev–Trinajstić information content (AvgIpc) is 2.26. The quantitative estimate of drug-likeness (QED) is 0.209. The summed E-state index contributed by atoms with van der Waals surface area (Å²) in [5.74, 6) is 0. The molecule has 16 heteroatoms. The molecule has 0 radical (unpaired) electrons. The second-order valence-electron chi connectivity index (χ2n) is 3.80. The molecule has 0 spiro atoms. The fourth-order valence-corrected chi connectivity index (χ4v) is 3.02. The van der Waals surface area contributed by atoms with Gasteiger partial charge in [0.1, 0.15) is 24.4 Å². The van der Waals surface area contributed by atoms with E-state index in [2.05, 4.69) is 13.6 Å². The zero-order valence-electron chi connectivity index (χ0n) is 11.6. The molecule has 7 atom stereocenters. The van der Waals surface area contributed by atoms with Gasteiger partial charge < -0.3 is 39.8 Å². The Morgan fingerprint density at radius 3 is 1.95 bits per heavy atom. The summed E-state index contributed by atoms with van der Waals surface area (Å²) in [6, 6.07) is 0. The molecular weight excluding hydrogens is 404 g/mol. The summed E-state index contributed by atoms with van der Waals surface area (Å²) in [5, 5.41) is 37.0. The third-order valence-electron chi connectivity index (χ3n) is 2.28. The molecule has 1 fully saturated rings. The van der Waals surface area contributed by atoms with Crippen LogP contribution in [0.25, 0.3) is 0 Å². The van der Waals surface area contributed by atoms with Gasteiger partial charge in [-0.05, 0) is 0 Å². The summed E-state index contributed by atoms with van der Waals surface area (Å²) in [5.41, 5.74) is 0. The van der Waals surface area contributed by atoms with Gasteiger partial charge in [-0.15, -0.1) is 0 Å². The molecule has 5 N–H and O–H groups in total. The third-order valence-corrected chi connectivity index (χ3v) is 4.38. The van der Waals surface area contributed by atoms with Crippen molar-refractivity contribution in [3.05, 3.63) is 0 Å². The van der Waals surface area contributed by atoms with E-state index in [9.17, 15) is 34.2 Å². The van der Waals surface area contributed by atoms with Crippen molar-refractivity contribution in [2.45, 2.75) is 30.7 Å². The molecule has 22 heavy (non-hydrogen) atoms. The van der Waals surface area contributed by atoms with E-state index in [0.29, 0.717) is 0 Å². The van der Waals surface area contributed by atoms with Gasteiger partial charge in [-0.2, -0.15) is 0 Å². The normalized spacial score (nSPS) is 37.1. The minimum absolute atomic E-state index is 0. The number of hydrogen-bond donors (Lipinski definition) is 5. The van der Waals surface area contributed by atoms with Crippen LogP contribution in [0.5, 0.6) is 0 Å². The van der Waals surface area contributed by atoms with E-state index in [4.69, 9.17) is 10.00 Å². The van der Waals surface area contributed by atoms with Gasteiger partial charge in [0.15, 0.2) is 6.29 Å². The molecule has 1 rings (SSSR count). The number of ether oxygens (including phenoxy) is 1. The van der Waals surface area contributed by atoms with Crippen LogP contribution in [0.4, 0.5) is 0 Å². The molecule has 0 saturated carbocycles. The number of phosphoric ester groups is 1. The van der Waals surface area contributed by atoms with Crippen LogP contribution in [0.3, 0.4) is 0 Å². The molecule has 1 saturated heterocycles. The van der Waals surface area contributed by atoms with Crippen LogP contribution in [-0.4, -0.2) is 62.6 Å². The fraction of sp³-hybridized carbons (Fsp3) is 1.00. The first-order chi connectivity index (χ1) is 8.97. The van der Waals surface area contributed by atoms with Crippen LogP contribution in [0.1, 0.15) is 0 Å². The molecule has 12 nitrogen and oxygen atoms in total. The van der Waals surface area contributed by atoms with E-state index in [1.54, 1.807) is 0 Å². The Balaban J connectivity index is 0. The van der Waals surface area contributed by atoms with Crippen molar-refractivity contribution >= 4 is 15.6 Å². The minimum Gasteiger partial charge on any atom is -0.756 e. The summed E-state index contributed by atoms with van der Waals surface area (Å²) in [6.45, 7) is -0.852. The SMILES string of the molecule is O=P([O-])(O)OP(=O)([O-])OC1O[C@H](CO)[C@@H](O)[C@H](O)[C@@H]1O.[K+].[K+]. The van der Waals surface area contributed by atoms with E-state index in [0.717, 1.165) is 0 Å². The third kappa shape index (κ3) is 8.82. The molecule has 0 aromatic rings. The van der Waals surface area contributed by atoms with E-state index in [1.807, 2.05) is 0 Å². The van der Waals surface area contributed by atoms with Gasteiger partial charge in [-0.1, -0.05) is 0 Å². The predicted molar refractivity (Wildman–Crippen MR) is 53.4 cm³/mol. The van der Waals surface area contributed by atoms with Crippen molar-refractivity contribution in [3.8, 4) is 0 Å². The zero-order chi connectivity index (χ0) is 15.7.